The number of nitrogens with one attached hydrogen (secondary N) is 1. The van der Waals surface area contributed by atoms with Gasteiger partial charge in [0.15, 0.2) is 4.34 Å². The second-order valence-electron chi connectivity index (χ2n) is 5.04. The second kappa shape index (κ2) is 7.02. The van der Waals surface area contributed by atoms with Gasteiger partial charge in [0.25, 0.3) is 0 Å². The van der Waals surface area contributed by atoms with E-state index in [1.807, 2.05) is 48.9 Å². The smallest absolute Gasteiger partial charge is 0.234 e. The van der Waals surface area contributed by atoms with Crippen LogP contribution in [0.15, 0.2) is 34.7 Å². The molecule has 0 aliphatic rings. The van der Waals surface area contributed by atoms with Crippen LogP contribution in [0.25, 0.3) is 5.69 Å². The van der Waals surface area contributed by atoms with Gasteiger partial charge in [0, 0.05) is 0 Å². The molecule has 0 unspecified atom stereocenters. The van der Waals surface area contributed by atoms with E-state index in [1.54, 1.807) is 0 Å². The number of nitrogen functional groups attached to an aromatic ring is 1. The zero-order valence-corrected chi connectivity index (χ0v) is 14.8. The molecule has 2 aromatic heterocycles. The number of rotatable bonds is 5. The number of benzene rings is 1. The number of carbonyl (C=O) groups excluding carboxylic acids is 1. The summed E-state index contributed by atoms with van der Waals surface area (Å²) in [6, 6.07) is 9.81. The summed E-state index contributed by atoms with van der Waals surface area (Å²) in [4.78, 5) is 12.2. The third-order valence-electron chi connectivity index (χ3n) is 3.31. The highest BCUT2D eigenvalue weighted by atomic mass is 32.2. The van der Waals surface area contributed by atoms with Gasteiger partial charge < -0.3 is 11.1 Å². The summed E-state index contributed by atoms with van der Waals surface area (Å²) in [7, 11) is 0. The van der Waals surface area contributed by atoms with Gasteiger partial charge in [-0.2, -0.15) is 5.10 Å². The Bertz CT molecular complexity index is 858. The highest BCUT2D eigenvalue weighted by Crippen LogP contribution is 2.25. The summed E-state index contributed by atoms with van der Waals surface area (Å²) < 4.78 is 2.50. The molecule has 124 valence electrons. The van der Waals surface area contributed by atoms with Crippen LogP contribution >= 0.6 is 23.1 Å². The van der Waals surface area contributed by atoms with Crippen molar-refractivity contribution in [3.05, 3.63) is 41.7 Å². The van der Waals surface area contributed by atoms with Gasteiger partial charge in [-0.15, -0.1) is 10.2 Å². The lowest BCUT2D eigenvalue weighted by Crippen LogP contribution is -2.15. The first-order valence-electron chi connectivity index (χ1n) is 7.18. The van der Waals surface area contributed by atoms with Crippen LogP contribution in [0.1, 0.15) is 11.4 Å². The standard InChI is InChI=1S/C15H16N6OS2/c1-9-13(10(2)21(20-9)11-6-4-3-5-7-11)17-12(22)8-23-15-19-18-14(16)24-15/h3-7H,8H2,1-2H3,(H2,16,18)(H,17,22). The van der Waals surface area contributed by atoms with Crippen molar-refractivity contribution in [2.45, 2.75) is 18.2 Å². The number of thioether (sulfide) groups is 1. The van der Waals surface area contributed by atoms with E-state index in [-0.39, 0.29) is 11.7 Å². The van der Waals surface area contributed by atoms with Crippen molar-refractivity contribution in [2.75, 3.05) is 16.8 Å². The topological polar surface area (TPSA) is 98.7 Å². The number of nitrogens with zero attached hydrogens (tertiary/aromatic N) is 4. The summed E-state index contributed by atoms with van der Waals surface area (Å²) in [5.41, 5.74) is 8.88. The first kappa shape index (κ1) is 16.5. The molecule has 1 aromatic carbocycles. The molecule has 3 rings (SSSR count). The van der Waals surface area contributed by atoms with Gasteiger partial charge in [-0.1, -0.05) is 41.3 Å². The maximum absolute atomic E-state index is 12.2. The third kappa shape index (κ3) is 3.57. The summed E-state index contributed by atoms with van der Waals surface area (Å²) in [6.07, 6.45) is 0. The number of hydrogen-bond acceptors (Lipinski definition) is 7. The highest BCUT2D eigenvalue weighted by Gasteiger charge is 2.15. The van der Waals surface area contributed by atoms with E-state index in [9.17, 15) is 4.79 Å². The molecule has 7 nitrogen and oxygen atoms in total. The van der Waals surface area contributed by atoms with Crippen molar-refractivity contribution in [1.82, 2.24) is 20.0 Å². The van der Waals surface area contributed by atoms with Crippen LogP contribution in [0.2, 0.25) is 0 Å². The molecule has 0 spiro atoms. The predicted molar refractivity (Wildman–Crippen MR) is 96.7 cm³/mol. The Hall–Kier alpha value is -2.39. The zero-order valence-electron chi connectivity index (χ0n) is 13.2. The molecule has 0 atom stereocenters. The minimum Gasteiger partial charge on any atom is -0.374 e. The maximum Gasteiger partial charge on any atom is 0.234 e. The van der Waals surface area contributed by atoms with Gasteiger partial charge in [-0.3, -0.25) is 4.79 Å². The first-order valence-corrected chi connectivity index (χ1v) is 8.98. The van der Waals surface area contributed by atoms with Gasteiger partial charge in [-0.05, 0) is 26.0 Å². The molecule has 2 heterocycles. The minimum atomic E-state index is -0.118. The Morgan fingerprint density at radius 3 is 2.71 bits per heavy atom. The largest absolute Gasteiger partial charge is 0.374 e. The van der Waals surface area contributed by atoms with Crippen LogP contribution in [0, 0.1) is 13.8 Å². The molecule has 24 heavy (non-hydrogen) atoms. The number of amides is 1. The van der Waals surface area contributed by atoms with Gasteiger partial charge in [0.1, 0.15) is 0 Å². The number of aromatic nitrogens is 4. The van der Waals surface area contributed by atoms with Crippen molar-refractivity contribution in [1.29, 1.82) is 0 Å². The fraction of sp³-hybridized carbons (Fsp3) is 0.200. The third-order valence-corrected chi connectivity index (χ3v) is 5.19. The predicted octanol–water partition coefficient (Wildman–Crippen LogP) is 2.65. The SMILES string of the molecule is Cc1nn(-c2ccccc2)c(C)c1NC(=O)CSc1nnc(N)s1. The zero-order chi connectivity index (χ0) is 17.1. The molecule has 1 amide bonds. The summed E-state index contributed by atoms with van der Waals surface area (Å²) >= 11 is 2.57. The first-order chi connectivity index (χ1) is 11.5. The van der Waals surface area contributed by atoms with E-state index >= 15 is 0 Å². The summed E-state index contributed by atoms with van der Waals surface area (Å²) in [6.45, 7) is 3.81. The number of hydrogen-bond donors (Lipinski definition) is 2. The number of anilines is 2. The quantitative estimate of drug-likeness (QED) is 0.679. The normalized spacial score (nSPS) is 10.8. The minimum absolute atomic E-state index is 0.118. The number of para-hydroxylation sites is 1. The van der Waals surface area contributed by atoms with E-state index in [2.05, 4.69) is 20.6 Å². The van der Waals surface area contributed by atoms with E-state index in [0.29, 0.717) is 9.47 Å². The molecule has 0 aliphatic heterocycles. The van der Waals surface area contributed by atoms with E-state index < -0.39 is 0 Å². The Balaban J connectivity index is 1.71. The van der Waals surface area contributed by atoms with Crippen molar-refractivity contribution in [3.63, 3.8) is 0 Å². The van der Waals surface area contributed by atoms with Crippen LogP contribution in [0.5, 0.6) is 0 Å². The Morgan fingerprint density at radius 1 is 1.29 bits per heavy atom. The molecular weight excluding hydrogens is 344 g/mol. The molecule has 0 fully saturated rings. The molecule has 0 aliphatic carbocycles. The highest BCUT2D eigenvalue weighted by molar-refractivity contribution is 8.01. The molecule has 3 N–H and O–H groups in total. The summed E-state index contributed by atoms with van der Waals surface area (Å²) in [5, 5.41) is 15.4. The lowest BCUT2D eigenvalue weighted by Gasteiger charge is -2.06. The van der Waals surface area contributed by atoms with E-state index in [4.69, 9.17) is 5.73 Å². The van der Waals surface area contributed by atoms with Crippen LogP contribution < -0.4 is 11.1 Å². The molecule has 9 heteroatoms. The van der Waals surface area contributed by atoms with E-state index in [0.717, 1.165) is 22.8 Å². The Kier molecular flexibility index (Phi) is 4.81. The average Bonchev–Trinajstić information content (AvgIpc) is 3.12. The van der Waals surface area contributed by atoms with Gasteiger partial charge in [0.05, 0.1) is 28.5 Å². The molecule has 0 saturated heterocycles. The average molecular weight is 360 g/mol. The van der Waals surface area contributed by atoms with Crippen molar-refractivity contribution in [2.24, 2.45) is 0 Å². The van der Waals surface area contributed by atoms with Crippen molar-refractivity contribution >= 4 is 39.8 Å². The van der Waals surface area contributed by atoms with Crippen LogP contribution in [-0.4, -0.2) is 31.6 Å². The van der Waals surface area contributed by atoms with Crippen LogP contribution in [-0.2, 0) is 4.79 Å². The molecular formula is C15H16N6OS2. The van der Waals surface area contributed by atoms with E-state index in [1.165, 1.54) is 23.1 Å². The maximum atomic E-state index is 12.2. The lowest BCUT2D eigenvalue weighted by atomic mass is 10.3. The summed E-state index contributed by atoms with van der Waals surface area (Å²) in [5.74, 6) is 0.122. The fourth-order valence-electron chi connectivity index (χ4n) is 2.23. The van der Waals surface area contributed by atoms with Crippen molar-refractivity contribution < 1.29 is 4.79 Å². The molecule has 0 bridgehead atoms. The Morgan fingerprint density at radius 2 is 2.04 bits per heavy atom. The lowest BCUT2D eigenvalue weighted by molar-refractivity contribution is -0.113. The monoisotopic (exact) mass is 360 g/mol. The van der Waals surface area contributed by atoms with Gasteiger partial charge >= 0.3 is 0 Å². The number of aryl methyl sites for hydroxylation is 1. The van der Waals surface area contributed by atoms with Crippen molar-refractivity contribution in [3.8, 4) is 5.69 Å². The number of nitrogens with two attached hydrogens (primary N) is 1. The van der Waals surface area contributed by atoms with Gasteiger partial charge in [-0.25, -0.2) is 4.68 Å². The fourth-order valence-corrected chi connectivity index (χ4v) is 3.66. The molecule has 3 aromatic rings. The molecule has 0 radical (unpaired) electrons. The van der Waals surface area contributed by atoms with Crippen LogP contribution in [0.4, 0.5) is 10.8 Å². The molecule has 0 saturated carbocycles. The Labute approximate surface area is 147 Å². The number of carbonyl (C=O) groups is 1. The second-order valence-corrected chi connectivity index (χ2v) is 7.27. The van der Waals surface area contributed by atoms with Crippen LogP contribution in [0.3, 0.4) is 0 Å². The van der Waals surface area contributed by atoms with Gasteiger partial charge in [0.2, 0.25) is 11.0 Å².